The number of nitrogens with two attached hydrogens (primary N) is 4. The summed E-state index contributed by atoms with van der Waals surface area (Å²) in [5.74, 6) is -5.08. The molecule has 0 heterocycles. The van der Waals surface area contributed by atoms with Crippen molar-refractivity contribution in [2.45, 2.75) is 71.1 Å². The molecule has 4 unspecified atom stereocenters. The van der Waals surface area contributed by atoms with Gasteiger partial charge in [-0.1, -0.05) is 27.7 Å². The summed E-state index contributed by atoms with van der Waals surface area (Å²) in [6.45, 7) is 6.80. The third-order valence-corrected chi connectivity index (χ3v) is 4.81. The van der Waals surface area contributed by atoms with E-state index < -0.39 is 66.1 Å². The monoisotopic (exact) mass is 486 g/mol. The zero-order chi connectivity index (χ0) is 26.6. The van der Waals surface area contributed by atoms with Gasteiger partial charge in [-0.3, -0.25) is 24.2 Å². The SMILES string of the molecule is CC(C)C(NC(=O)C(NC(=O)C(CCCN=C(N)N)NC(=O)C(N)CC(N)=O)C(C)C)C(=O)O. The van der Waals surface area contributed by atoms with Gasteiger partial charge in [-0.25, -0.2) is 4.79 Å². The summed E-state index contributed by atoms with van der Waals surface area (Å²) in [4.78, 5) is 64.4. The first-order chi connectivity index (χ1) is 15.7. The highest BCUT2D eigenvalue weighted by molar-refractivity contribution is 5.95. The van der Waals surface area contributed by atoms with E-state index in [0.29, 0.717) is 6.42 Å². The van der Waals surface area contributed by atoms with Crippen LogP contribution in [0.3, 0.4) is 0 Å². The van der Waals surface area contributed by atoms with Gasteiger partial charge in [-0.05, 0) is 24.7 Å². The molecule has 14 heteroatoms. The van der Waals surface area contributed by atoms with Gasteiger partial charge in [0.1, 0.15) is 18.1 Å². The summed E-state index contributed by atoms with van der Waals surface area (Å²) in [6.07, 6.45) is -0.0287. The van der Waals surface area contributed by atoms with Crippen molar-refractivity contribution >= 4 is 35.6 Å². The van der Waals surface area contributed by atoms with Crippen LogP contribution in [0.4, 0.5) is 0 Å². The molecule has 0 saturated heterocycles. The number of carbonyl (C=O) groups excluding carboxylic acids is 4. The average molecular weight is 487 g/mol. The number of carbonyl (C=O) groups is 5. The summed E-state index contributed by atoms with van der Waals surface area (Å²) in [5.41, 5.74) is 21.3. The number of hydrogen-bond acceptors (Lipinski definition) is 7. The Labute approximate surface area is 198 Å². The number of hydrogen-bond donors (Lipinski definition) is 8. The molecule has 34 heavy (non-hydrogen) atoms. The van der Waals surface area contributed by atoms with E-state index in [4.69, 9.17) is 22.9 Å². The number of amides is 4. The molecule has 0 rings (SSSR count). The maximum absolute atomic E-state index is 13.0. The molecule has 12 N–H and O–H groups in total. The van der Waals surface area contributed by atoms with Crippen LogP contribution in [-0.4, -0.2) is 71.4 Å². The quantitative estimate of drug-likeness (QED) is 0.0669. The van der Waals surface area contributed by atoms with Crippen LogP contribution < -0.4 is 38.9 Å². The lowest BCUT2D eigenvalue weighted by Gasteiger charge is -2.27. The molecule has 4 atom stereocenters. The highest BCUT2D eigenvalue weighted by Gasteiger charge is 2.32. The van der Waals surface area contributed by atoms with Gasteiger partial charge in [-0.15, -0.1) is 0 Å². The fourth-order valence-electron chi connectivity index (χ4n) is 2.91. The number of guanidine groups is 1. The van der Waals surface area contributed by atoms with Crippen molar-refractivity contribution in [1.82, 2.24) is 16.0 Å². The van der Waals surface area contributed by atoms with Gasteiger partial charge in [0.25, 0.3) is 0 Å². The largest absolute Gasteiger partial charge is 0.480 e. The van der Waals surface area contributed by atoms with Gasteiger partial charge in [0.15, 0.2) is 5.96 Å². The second-order valence-corrected chi connectivity index (χ2v) is 8.59. The Hall–Kier alpha value is -3.42. The predicted octanol–water partition coefficient (Wildman–Crippen LogP) is -2.91. The number of carboxylic acid groups (broad SMARTS) is 1. The Balaban J connectivity index is 5.54. The molecular weight excluding hydrogens is 448 g/mol. The van der Waals surface area contributed by atoms with Gasteiger partial charge >= 0.3 is 5.97 Å². The second-order valence-electron chi connectivity index (χ2n) is 8.59. The average Bonchev–Trinajstić information content (AvgIpc) is 2.70. The first-order valence-electron chi connectivity index (χ1n) is 10.9. The molecule has 0 saturated carbocycles. The first kappa shape index (κ1) is 30.6. The lowest BCUT2D eigenvalue weighted by atomic mass is 9.99. The maximum atomic E-state index is 13.0. The van der Waals surface area contributed by atoms with Gasteiger partial charge in [0, 0.05) is 6.54 Å². The Bertz CT molecular complexity index is 766. The normalized spacial score (nSPS) is 14.4. The zero-order valence-electron chi connectivity index (χ0n) is 20.0. The van der Waals surface area contributed by atoms with Crippen LogP contribution in [0.2, 0.25) is 0 Å². The third-order valence-electron chi connectivity index (χ3n) is 4.81. The van der Waals surface area contributed by atoms with Crippen molar-refractivity contribution in [3.8, 4) is 0 Å². The van der Waals surface area contributed by atoms with Crippen molar-refractivity contribution in [3.05, 3.63) is 0 Å². The van der Waals surface area contributed by atoms with Crippen LogP contribution in [0.15, 0.2) is 4.99 Å². The van der Waals surface area contributed by atoms with Gasteiger partial charge in [0.2, 0.25) is 23.6 Å². The molecule has 0 aromatic rings. The molecule has 0 aromatic carbocycles. The van der Waals surface area contributed by atoms with E-state index in [2.05, 4.69) is 20.9 Å². The predicted molar refractivity (Wildman–Crippen MR) is 125 cm³/mol. The number of primary amides is 1. The summed E-state index contributed by atoms with van der Waals surface area (Å²) in [6, 6.07) is -4.62. The van der Waals surface area contributed by atoms with Crippen molar-refractivity contribution in [1.29, 1.82) is 0 Å². The molecule has 194 valence electrons. The number of aliphatic imine (C=N–C) groups is 1. The van der Waals surface area contributed by atoms with E-state index in [1.807, 2.05) is 0 Å². The second kappa shape index (κ2) is 14.7. The zero-order valence-corrected chi connectivity index (χ0v) is 20.0. The minimum atomic E-state index is -1.27. The van der Waals surface area contributed by atoms with E-state index in [9.17, 15) is 29.1 Å². The molecule has 0 spiro atoms. The Morgan fingerprint density at radius 3 is 1.79 bits per heavy atom. The number of nitrogens with zero attached hydrogens (tertiary/aromatic N) is 1. The van der Waals surface area contributed by atoms with Crippen LogP contribution >= 0.6 is 0 Å². The molecule has 0 radical (unpaired) electrons. The fourth-order valence-corrected chi connectivity index (χ4v) is 2.91. The fraction of sp³-hybridized carbons (Fsp3) is 0.700. The number of aliphatic carboxylic acids is 1. The van der Waals surface area contributed by atoms with E-state index in [-0.39, 0.29) is 24.8 Å². The molecule has 0 aliphatic carbocycles. The molecule has 14 nitrogen and oxygen atoms in total. The highest BCUT2D eigenvalue weighted by atomic mass is 16.4. The molecule has 0 fully saturated rings. The van der Waals surface area contributed by atoms with Crippen molar-refractivity contribution in [2.24, 2.45) is 39.8 Å². The van der Waals surface area contributed by atoms with Crippen molar-refractivity contribution in [3.63, 3.8) is 0 Å². The smallest absolute Gasteiger partial charge is 0.326 e. The van der Waals surface area contributed by atoms with Crippen LogP contribution in [0.5, 0.6) is 0 Å². The highest BCUT2D eigenvalue weighted by Crippen LogP contribution is 2.08. The Morgan fingerprint density at radius 1 is 0.824 bits per heavy atom. The van der Waals surface area contributed by atoms with Gasteiger partial charge < -0.3 is 44.0 Å². The van der Waals surface area contributed by atoms with Crippen LogP contribution in [0, 0.1) is 11.8 Å². The molecule has 0 aromatic heterocycles. The lowest BCUT2D eigenvalue weighted by Crippen LogP contribution is -2.59. The number of nitrogens with one attached hydrogen (secondary N) is 3. The third kappa shape index (κ3) is 11.4. The van der Waals surface area contributed by atoms with Crippen LogP contribution in [0.25, 0.3) is 0 Å². The summed E-state index contributed by atoms with van der Waals surface area (Å²) in [5, 5.41) is 16.8. The standard InChI is InChI=1S/C20H38N8O6/c1-9(2)14(18(32)28-15(10(3)4)19(33)34)27-17(31)12(6-5-7-25-20(23)24)26-16(30)11(21)8-13(22)29/h9-12,14-15H,5-8,21H2,1-4H3,(H2,22,29)(H,26,30)(H,27,31)(H,28,32)(H,33,34)(H4,23,24,25). The molecule has 0 bridgehead atoms. The summed E-state index contributed by atoms with van der Waals surface area (Å²) >= 11 is 0. The molecule has 4 amide bonds. The molecule has 0 aliphatic rings. The van der Waals surface area contributed by atoms with E-state index in [0.717, 1.165) is 0 Å². The number of rotatable bonds is 15. The maximum Gasteiger partial charge on any atom is 0.326 e. The topological polar surface area (TPSA) is 258 Å². The molecule has 0 aliphatic heterocycles. The Kier molecular flexibility index (Phi) is 13.2. The van der Waals surface area contributed by atoms with Crippen LogP contribution in [-0.2, 0) is 24.0 Å². The van der Waals surface area contributed by atoms with E-state index in [1.54, 1.807) is 27.7 Å². The number of carboxylic acids is 1. The van der Waals surface area contributed by atoms with E-state index in [1.165, 1.54) is 0 Å². The summed E-state index contributed by atoms with van der Waals surface area (Å²) in [7, 11) is 0. The van der Waals surface area contributed by atoms with E-state index >= 15 is 0 Å². The first-order valence-corrected chi connectivity index (χ1v) is 10.9. The van der Waals surface area contributed by atoms with Crippen molar-refractivity contribution < 1.29 is 29.1 Å². The summed E-state index contributed by atoms with van der Waals surface area (Å²) < 4.78 is 0. The van der Waals surface area contributed by atoms with Crippen LogP contribution in [0.1, 0.15) is 47.0 Å². The molecular formula is C20H38N8O6. The Morgan fingerprint density at radius 2 is 1.35 bits per heavy atom. The minimum absolute atomic E-state index is 0.0911. The van der Waals surface area contributed by atoms with Gasteiger partial charge in [-0.2, -0.15) is 0 Å². The lowest BCUT2D eigenvalue weighted by molar-refractivity contribution is -0.143. The van der Waals surface area contributed by atoms with Gasteiger partial charge in [0.05, 0.1) is 12.5 Å². The minimum Gasteiger partial charge on any atom is -0.480 e. The van der Waals surface area contributed by atoms with Crippen molar-refractivity contribution in [2.75, 3.05) is 6.54 Å².